The molecule has 0 atom stereocenters. The fraction of sp³-hybridized carbons (Fsp3) is 0. The molecule has 0 fully saturated rings. The second-order valence-corrected chi connectivity index (χ2v) is 5.58. The third kappa shape index (κ3) is 2.74. The number of nitrogens with two attached hydrogens (primary N) is 1. The Hall–Kier alpha value is -3.54. The number of carbonyl (C=O) groups excluding carboxylic acids is 1. The Morgan fingerprint density at radius 1 is 1.00 bits per heavy atom. The number of rotatable bonds is 3. The van der Waals surface area contributed by atoms with Crippen molar-refractivity contribution in [3.05, 3.63) is 78.2 Å². The van der Waals surface area contributed by atoms with Gasteiger partial charge in [-0.15, -0.1) is 0 Å². The van der Waals surface area contributed by atoms with Crippen LogP contribution in [0.3, 0.4) is 0 Å². The molecule has 0 aliphatic carbocycles. The smallest absolute Gasteiger partial charge is 0.248 e. The third-order valence-corrected chi connectivity index (χ3v) is 3.95. The van der Waals surface area contributed by atoms with E-state index in [0.29, 0.717) is 22.5 Å². The predicted molar refractivity (Wildman–Crippen MR) is 92.3 cm³/mol. The Balaban J connectivity index is 1.82. The molecule has 0 saturated carbocycles. The van der Waals surface area contributed by atoms with E-state index in [1.165, 1.54) is 12.1 Å². The molecule has 5 nitrogen and oxygen atoms in total. The molecule has 4 aromatic rings. The molecule has 2 N–H and O–H groups in total. The Labute approximate surface area is 142 Å². The Morgan fingerprint density at radius 3 is 2.52 bits per heavy atom. The van der Waals surface area contributed by atoms with Crippen LogP contribution in [0.5, 0.6) is 0 Å². The van der Waals surface area contributed by atoms with Crippen molar-refractivity contribution >= 4 is 11.6 Å². The third-order valence-electron chi connectivity index (χ3n) is 3.95. The van der Waals surface area contributed by atoms with Crippen LogP contribution < -0.4 is 5.73 Å². The normalized spacial score (nSPS) is 10.9. The zero-order valence-corrected chi connectivity index (χ0v) is 13.1. The van der Waals surface area contributed by atoms with Crippen molar-refractivity contribution in [1.82, 2.24) is 14.6 Å². The van der Waals surface area contributed by atoms with Gasteiger partial charge in [-0.05, 0) is 36.4 Å². The summed E-state index contributed by atoms with van der Waals surface area (Å²) in [6.45, 7) is 0. The van der Waals surface area contributed by atoms with Gasteiger partial charge in [0.25, 0.3) is 0 Å². The van der Waals surface area contributed by atoms with Crippen LogP contribution in [-0.2, 0) is 0 Å². The highest BCUT2D eigenvalue weighted by Crippen LogP contribution is 2.23. The lowest BCUT2D eigenvalue weighted by atomic mass is 10.1. The number of primary amides is 1. The lowest BCUT2D eigenvalue weighted by Gasteiger charge is -2.05. The van der Waals surface area contributed by atoms with Crippen molar-refractivity contribution in [2.75, 3.05) is 0 Å². The minimum atomic E-state index is -0.476. The van der Waals surface area contributed by atoms with Crippen molar-refractivity contribution < 1.29 is 9.18 Å². The van der Waals surface area contributed by atoms with E-state index in [9.17, 15) is 9.18 Å². The molecule has 0 bridgehead atoms. The standard InChI is InChI=1S/C19H13FN4O/c20-15-3-1-2-14(10-15)16-8-9-18-22-11-17(24(18)23-16)12-4-6-13(7-5-12)19(21)25/h1-11H,(H2,21,25). The van der Waals surface area contributed by atoms with Crippen LogP contribution in [0, 0.1) is 5.82 Å². The summed E-state index contributed by atoms with van der Waals surface area (Å²) in [5, 5.41) is 4.58. The van der Waals surface area contributed by atoms with E-state index in [1.807, 2.05) is 6.07 Å². The number of imidazole rings is 1. The molecule has 0 aliphatic rings. The van der Waals surface area contributed by atoms with Crippen molar-refractivity contribution in [1.29, 1.82) is 0 Å². The minimum absolute atomic E-state index is 0.313. The molecule has 122 valence electrons. The molecule has 2 aromatic heterocycles. The summed E-state index contributed by atoms with van der Waals surface area (Å²) in [5.74, 6) is -0.788. The van der Waals surface area contributed by atoms with E-state index in [1.54, 1.807) is 53.2 Å². The van der Waals surface area contributed by atoms with Crippen LogP contribution in [0.2, 0.25) is 0 Å². The second kappa shape index (κ2) is 5.83. The number of hydrogen-bond donors (Lipinski definition) is 1. The largest absolute Gasteiger partial charge is 0.366 e. The Kier molecular flexibility index (Phi) is 3.50. The van der Waals surface area contributed by atoms with E-state index >= 15 is 0 Å². The van der Waals surface area contributed by atoms with Gasteiger partial charge in [-0.2, -0.15) is 5.10 Å². The maximum absolute atomic E-state index is 13.5. The van der Waals surface area contributed by atoms with Crippen molar-refractivity contribution in [2.24, 2.45) is 5.73 Å². The first-order valence-corrected chi connectivity index (χ1v) is 7.63. The SMILES string of the molecule is NC(=O)c1ccc(-c2cnc3ccc(-c4cccc(F)c4)nn23)cc1. The summed E-state index contributed by atoms with van der Waals surface area (Å²) in [6, 6.07) is 16.8. The van der Waals surface area contributed by atoms with E-state index in [0.717, 1.165) is 11.3 Å². The second-order valence-electron chi connectivity index (χ2n) is 5.58. The van der Waals surface area contributed by atoms with Crippen LogP contribution in [0.25, 0.3) is 28.2 Å². The monoisotopic (exact) mass is 332 g/mol. The van der Waals surface area contributed by atoms with Gasteiger partial charge in [0.1, 0.15) is 5.82 Å². The molecule has 0 aliphatic heterocycles. The maximum atomic E-state index is 13.5. The fourth-order valence-electron chi connectivity index (χ4n) is 2.68. The van der Waals surface area contributed by atoms with Gasteiger partial charge >= 0.3 is 0 Å². The zero-order valence-electron chi connectivity index (χ0n) is 13.1. The van der Waals surface area contributed by atoms with Gasteiger partial charge in [0, 0.05) is 16.7 Å². The molecule has 1 amide bonds. The van der Waals surface area contributed by atoms with Gasteiger partial charge in [0.05, 0.1) is 17.6 Å². The Morgan fingerprint density at radius 2 is 1.80 bits per heavy atom. The summed E-state index contributed by atoms with van der Waals surface area (Å²) in [6.07, 6.45) is 1.71. The van der Waals surface area contributed by atoms with Crippen molar-refractivity contribution in [3.8, 4) is 22.5 Å². The van der Waals surface area contributed by atoms with Gasteiger partial charge in [-0.25, -0.2) is 13.9 Å². The molecule has 4 rings (SSSR count). The zero-order chi connectivity index (χ0) is 17.4. The predicted octanol–water partition coefficient (Wildman–Crippen LogP) is 3.30. The van der Waals surface area contributed by atoms with Gasteiger partial charge in [0.2, 0.25) is 5.91 Å². The number of amides is 1. The number of nitrogens with zero attached hydrogens (tertiary/aromatic N) is 3. The van der Waals surface area contributed by atoms with Crippen LogP contribution >= 0.6 is 0 Å². The number of carbonyl (C=O) groups is 1. The molecule has 2 aromatic carbocycles. The van der Waals surface area contributed by atoms with E-state index in [-0.39, 0.29) is 5.82 Å². The number of hydrogen-bond acceptors (Lipinski definition) is 3. The van der Waals surface area contributed by atoms with Crippen LogP contribution in [0.4, 0.5) is 4.39 Å². The highest BCUT2D eigenvalue weighted by molar-refractivity contribution is 5.93. The maximum Gasteiger partial charge on any atom is 0.248 e. The van der Waals surface area contributed by atoms with Crippen LogP contribution in [-0.4, -0.2) is 20.5 Å². The first kappa shape index (κ1) is 15.0. The summed E-state index contributed by atoms with van der Waals surface area (Å²) in [5.41, 5.74) is 9.32. The van der Waals surface area contributed by atoms with Gasteiger partial charge in [-0.3, -0.25) is 4.79 Å². The molecule has 0 spiro atoms. The average Bonchev–Trinajstić information content (AvgIpc) is 3.05. The molecular formula is C19H13FN4O. The molecule has 6 heteroatoms. The Bertz CT molecular complexity index is 1090. The number of fused-ring (bicyclic) bond motifs is 1. The lowest BCUT2D eigenvalue weighted by molar-refractivity contribution is 0.100. The fourth-order valence-corrected chi connectivity index (χ4v) is 2.68. The average molecular weight is 332 g/mol. The number of halogens is 1. The highest BCUT2D eigenvalue weighted by Gasteiger charge is 2.10. The van der Waals surface area contributed by atoms with Crippen molar-refractivity contribution in [3.63, 3.8) is 0 Å². The molecule has 2 heterocycles. The van der Waals surface area contributed by atoms with E-state index < -0.39 is 5.91 Å². The van der Waals surface area contributed by atoms with E-state index in [2.05, 4.69) is 10.1 Å². The molecule has 0 saturated heterocycles. The lowest BCUT2D eigenvalue weighted by Crippen LogP contribution is -2.10. The summed E-state index contributed by atoms with van der Waals surface area (Å²) in [7, 11) is 0. The summed E-state index contributed by atoms with van der Waals surface area (Å²) < 4.78 is 15.2. The van der Waals surface area contributed by atoms with Crippen LogP contribution in [0.15, 0.2) is 66.9 Å². The topological polar surface area (TPSA) is 73.3 Å². The van der Waals surface area contributed by atoms with Gasteiger partial charge in [-0.1, -0.05) is 24.3 Å². The quantitative estimate of drug-likeness (QED) is 0.625. The highest BCUT2D eigenvalue weighted by atomic mass is 19.1. The molecule has 0 radical (unpaired) electrons. The van der Waals surface area contributed by atoms with Gasteiger partial charge in [0.15, 0.2) is 5.65 Å². The molecule has 25 heavy (non-hydrogen) atoms. The number of benzene rings is 2. The summed E-state index contributed by atoms with van der Waals surface area (Å²) >= 11 is 0. The first-order chi connectivity index (χ1) is 12.1. The van der Waals surface area contributed by atoms with Crippen molar-refractivity contribution in [2.45, 2.75) is 0 Å². The van der Waals surface area contributed by atoms with Crippen LogP contribution in [0.1, 0.15) is 10.4 Å². The molecule has 0 unspecified atom stereocenters. The van der Waals surface area contributed by atoms with E-state index in [4.69, 9.17) is 5.73 Å². The number of aromatic nitrogens is 3. The minimum Gasteiger partial charge on any atom is -0.366 e. The molecular weight excluding hydrogens is 319 g/mol. The summed E-state index contributed by atoms with van der Waals surface area (Å²) in [4.78, 5) is 15.5. The first-order valence-electron chi connectivity index (χ1n) is 7.63. The van der Waals surface area contributed by atoms with Gasteiger partial charge < -0.3 is 5.73 Å².